The number of hydrogen-bond donors (Lipinski definition) is 2. The van der Waals surface area contributed by atoms with Crippen LogP contribution in [0.3, 0.4) is 0 Å². The molecule has 6 heteroatoms. The van der Waals surface area contributed by atoms with Gasteiger partial charge in [-0.15, -0.1) is 0 Å². The van der Waals surface area contributed by atoms with Crippen LogP contribution >= 0.6 is 0 Å². The van der Waals surface area contributed by atoms with Crippen LogP contribution in [0.5, 0.6) is 5.75 Å². The summed E-state index contributed by atoms with van der Waals surface area (Å²) >= 11 is 0. The third kappa shape index (κ3) is 2.48. The zero-order valence-corrected chi connectivity index (χ0v) is 10.8. The molecule has 0 radical (unpaired) electrons. The minimum atomic E-state index is -0.239. The van der Waals surface area contributed by atoms with Crippen LogP contribution in [0.15, 0.2) is 11.1 Å². The first-order valence-electron chi connectivity index (χ1n) is 6.25. The van der Waals surface area contributed by atoms with E-state index in [1.807, 2.05) is 6.92 Å². The van der Waals surface area contributed by atoms with Crippen molar-refractivity contribution in [2.75, 3.05) is 25.1 Å². The smallest absolute Gasteiger partial charge is 0.295 e. The van der Waals surface area contributed by atoms with Gasteiger partial charge in [-0.1, -0.05) is 0 Å². The second-order valence-corrected chi connectivity index (χ2v) is 4.77. The molecule has 1 aliphatic rings. The molecule has 100 valence electrons. The van der Waals surface area contributed by atoms with Crippen LogP contribution in [0.4, 0.5) is 5.82 Å². The highest BCUT2D eigenvalue weighted by Gasteiger charge is 2.25. The van der Waals surface area contributed by atoms with Crippen LogP contribution in [0.25, 0.3) is 0 Å². The summed E-state index contributed by atoms with van der Waals surface area (Å²) in [6.45, 7) is 3.77. The molecule has 2 rings (SSSR count). The van der Waals surface area contributed by atoms with Crippen LogP contribution in [-0.2, 0) is 0 Å². The van der Waals surface area contributed by atoms with Crippen LogP contribution in [-0.4, -0.2) is 36.2 Å². The number of methoxy groups -OCH3 is 1. The average Bonchev–Trinajstić information content (AvgIpc) is 2.38. The van der Waals surface area contributed by atoms with E-state index in [9.17, 15) is 4.79 Å². The first kappa shape index (κ1) is 12.9. The molecule has 1 saturated heterocycles. The van der Waals surface area contributed by atoms with E-state index in [2.05, 4.69) is 14.9 Å². The Morgan fingerprint density at radius 1 is 1.56 bits per heavy atom. The van der Waals surface area contributed by atoms with Crippen molar-refractivity contribution in [2.45, 2.75) is 25.8 Å². The Morgan fingerprint density at radius 2 is 2.22 bits per heavy atom. The zero-order chi connectivity index (χ0) is 13.1. The quantitative estimate of drug-likeness (QED) is 0.810. The van der Waals surface area contributed by atoms with Crippen molar-refractivity contribution in [1.29, 1.82) is 0 Å². The summed E-state index contributed by atoms with van der Waals surface area (Å²) in [5, 5.41) is 0. The molecule has 0 bridgehead atoms. The maximum atomic E-state index is 11.6. The SMILES string of the molecule is COc1c(N2CCC(C(C)N)CC2)nc[nH]c1=O. The van der Waals surface area contributed by atoms with Crippen molar-refractivity contribution in [3.63, 3.8) is 0 Å². The van der Waals surface area contributed by atoms with Crippen molar-refractivity contribution in [2.24, 2.45) is 11.7 Å². The number of hydrogen-bond acceptors (Lipinski definition) is 5. The molecule has 1 atom stereocenters. The number of H-pyrrole nitrogens is 1. The van der Waals surface area contributed by atoms with E-state index in [1.165, 1.54) is 13.4 Å². The molecule has 0 amide bonds. The summed E-state index contributed by atoms with van der Waals surface area (Å²) in [5.41, 5.74) is 5.68. The van der Waals surface area contributed by atoms with E-state index in [0.717, 1.165) is 25.9 Å². The minimum Gasteiger partial charge on any atom is -0.489 e. The molecule has 1 aliphatic heterocycles. The number of nitrogens with one attached hydrogen (secondary N) is 1. The Labute approximate surface area is 106 Å². The van der Waals surface area contributed by atoms with Gasteiger partial charge in [0.2, 0.25) is 5.75 Å². The molecule has 2 heterocycles. The Hall–Kier alpha value is -1.56. The first-order chi connectivity index (χ1) is 8.63. The highest BCUT2D eigenvalue weighted by molar-refractivity contribution is 5.50. The van der Waals surface area contributed by atoms with Crippen molar-refractivity contribution in [3.05, 3.63) is 16.7 Å². The number of nitrogens with zero attached hydrogens (tertiary/aromatic N) is 2. The lowest BCUT2D eigenvalue weighted by molar-refractivity contribution is 0.348. The average molecular weight is 252 g/mol. The standard InChI is InChI=1S/C12H20N4O2/c1-8(13)9-3-5-16(6-4-9)11-10(18-2)12(17)15-7-14-11/h7-9H,3-6,13H2,1-2H3,(H,14,15,17). The predicted molar refractivity (Wildman–Crippen MR) is 70.0 cm³/mol. The molecular formula is C12H20N4O2. The third-order valence-corrected chi connectivity index (χ3v) is 3.58. The van der Waals surface area contributed by atoms with E-state index in [0.29, 0.717) is 11.7 Å². The number of nitrogens with two attached hydrogens (primary N) is 1. The third-order valence-electron chi connectivity index (χ3n) is 3.58. The highest BCUT2D eigenvalue weighted by atomic mass is 16.5. The Morgan fingerprint density at radius 3 is 2.78 bits per heavy atom. The summed E-state index contributed by atoms with van der Waals surface area (Å²) in [6, 6.07) is 0.223. The van der Waals surface area contributed by atoms with Gasteiger partial charge >= 0.3 is 0 Å². The predicted octanol–water partition coefficient (Wildman–Crippen LogP) is 0.342. The van der Waals surface area contributed by atoms with Gasteiger partial charge in [0.25, 0.3) is 5.56 Å². The Balaban J connectivity index is 2.15. The Kier molecular flexibility index (Phi) is 3.86. The fraction of sp³-hybridized carbons (Fsp3) is 0.667. The van der Waals surface area contributed by atoms with Gasteiger partial charge in [-0.05, 0) is 25.7 Å². The largest absolute Gasteiger partial charge is 0.489 e. The van der Waals surface area contributed by atoms with E-state index >= 15 is 0 Å². The summed E-state index contributed by atoms with van der Waals surface area (Å²) in [5.74, 6) is 1.47. The second kappa shape index (κ2) is 5.39. The molecule has 1 aromatic heterocycles. The lowest BCUT2D eigenvalue weighted by Crippen LogP contribution is -2.40. The van der Waals surface area contributed by atoms with Crippen molar-refractivity contribution in [3.8, 4) is 5.75 Å². The van der Waals surface area contributed by atoms with Crippen molar-refractivity contribution < 1.29 is 4.74 Å². The van der Waals surface area contributed by atoms with Gasteiger partial charge in [-0.2, -0.15) is 0 Å². The number of aromatic amines is 1. The van der Waals surface area contributed by atoms with Gasteiger partial charge in [-0.3, -0.25) is 4.79 Å². The number of aromatic nitrogens is 2. The molecule has 1 unspecified atom stereocenters. The fourth-order valence-electron chi connectivity index (χ4n) is 2.42. The second-order valence-electron chi connectivity index (χ2n) is 4.77. The lowest BCUT2D eigenvalue weighted by atomic mass is 9.91. The van der Waals surface area contributed by atoms with Gasteiger partial charge < -0.3 is 20.4 Å². The maximum Gasteiger partial charge on any atom is 0.295 e. The number of piperidine rings is 1. The van der Waals surface area contributed by atoms with Gasteiger partial charge in [0.1, 0.15) is 0 Å². The molecule has 3 N–H and O–H groups in total. The van der Waals surface area contributed by atoms with Gasteiger partial charge in [0.05, 0.1) is 13.4 Å². The summed E-state index contributed by atoms with van der Waals surface area (Å²) in [6.07, 6.45) is 3.46. The lowest BCUT2D eigenvalue weighted by Gasteiger charge is -2.34. The molecule has 1 aromatic rings. The monoisotopic (exact) mass is 252 g/mol. The Bertz CT molecular complexity index is 450. The van der Waals surface area contributed by atoms with Gasteiger partial charge in [0, 0.05) is 19.1 Å². The van der Waals surface area contributed by atoms with Crippen LogP contribution < -0.4 is 20.9 Å². The van der Waals surface area contributed by atoms with E-state index in [4.69, 9.17) is 10.5 Å². The minimum absolute atomic E-state index is 0.223. The van der Waals surface area contributed by atoms with Crippen molar-refractivity contribution in [1.82, 2.24) is 9.97 Å². The van der Waals surface area contributed by atoms with Crippen LogP contribution in [0.2, 0.25) is 0 Å². The number of ether oxygens (including phenoxy) is 1. The van der Waals surface area contributed by atoms with Crippen LogP contribution in [0.1, 0.15) is 19.8 Å². The van der Waals surface area contributed by atoms with Gasteiger partial charge in [-0.25, -0.2) is 4.98 Å². The van der Waals surface area contributed by atoms with Crippen LogP contribution in [0, 0.1) is 5.92 Å². The normalized spacial score (nSPS) is 18.7. The molecule has 1 fully saturated rings. The van der Waals surface area contributed by atoms with E-state index in [-0.39, 0.29) is 17.4 Å². The molecule has 6 nitrogen and oxygen atoms in total. The fourth-order valence-corrected chi connectivity index (χ4v) is 2.42. The molecule has 0 spiro atoms. The summed E-state index contributed by atoms with van der Waals surface area (Å²) in [4.78, 5) is 20.4. The number of anilines is 1. The maximum absolute atomic E-state index is 11.6. The summed E-state index contributed by atoms with van der Waals surface area (Å²) < 4.78 is 5.13. The van der Waals surface area contributed by atoms with Gasteiger partial charge in [0.15, 0.2) is 5.82 Å². The molecule has 0 aliphatic carbocycles. The van der Waals surface area contributed by atoms with E-state index in [1.54, 1.807) is 0 Å². The zero-order valence-electron chi connectivity index (χ0n) is 10.8. The topological polar surface area (TPSA) is 84.2 Å². The number of rotatable bonds is 3. The van der Waals surface area contributed by atoms with E-state index < -0.39 is 0 Å². The molecular weight excluding hydrogens is 232 g/mol. The highest BCUT2D eigenvalue weighted by Crippen LogP contribution is 2.27. The van der Waals surface area contributed by atoms with Crippen molar-refractivity contribution >= 4 is 5.82 Å². The molecule has 0 saturated carbocycles. The molecule has 18 heavy (non-hydrogen) atoms. The molecule has 0 aromatic carbocycles. The summed E-state index contributed by atoms with van der Waals surface area (Å²) in [7, 11) is 1.49. The first-order valence-corrected chi connectivity index (χ1v) is 6.25.